The molecular weight excluding hydrogens is 422 g/mol. The Balaban J connectivity index is 2.67. The number of carbonyl (C=O) groups is 1. The van der Waals surface area contributed by atoms with Gasteiger partial charge in [0.15, 0.2) is 0 Å². The van der Waals surface area contributed by atoms with Crippen molar-refractivity contribution in [1.82, 2.24) is 0 Å². The Morgan fingerprint density at radius 2 is 1.73 bits per heavy atom. The summed E-state index contributed by atoms with van der Waals surface area (Å²) in [6.45, 7) is 4.77. The summed E-state index contributed by atoms with van der Waals surface area (Å²) < 4.78 is 32.9. The highest BCUT2D eigenvalue weighted by atomic mass is 79.9. The van der Waals surface area contributed by atoms with Crippen molar-refractivity contribution in [2.45, 2.75) is 25.7 Å². The van der Waals surface area contributed by atoms with E-state index in [0.29, 0.717) is 27.0 Å². The van der Waals surface area contributed by atoms with E-state index in [9.17, 15) is 18.3 Å². The van der Waals surface area contributed by atoms with Crippen LogP contribution in [0.5, 0.6) is 5.75 Å². The van der Waals surface area contributed by atoms with E-state index in [-0.39, 0.29) is 4.90 Å². The predicted octanol–water partition coefficient (Wildman–Crippen LogP) is 3.66. The highest BCUT2D eigenvalue weighted by Crippen LogP contribution is 2.33. The molecule has 0 aromatic heterocycles. The van der Waals surface area contributed by atoms with Gasteiger partial charge in [0.25, 0.3) is 10.0 Å². The maximum absolute atomic E-state index is 13.2. The molecule has 0 radical (unpaired) electrons. The lowest BCUT2D eigenvalue weighted by Crippen LogP contribution is -2.36. The molecule has 2 aromatic carbocycles. The fourth-order valence-corrected chi connectivity index (χ4v) is 5.17. The molecule has 0 fully saturated rings. The summed E-state index contributed by atoms with van der Waals surface area (Å²) in [5.41, 5.74) is 2.74. The van der Waals surface area contributed by atoms with E-state index in [4.69, 9.17) is 4.74 Å². The Labute approximate surface area is 161 Å². The van der Waals surface area contributed by atoms with Crippen molar-refractivity contribution < 1.29 is 23.1 Å². The lowest BCUT2D eigenvalue weighted by Gasteiger charge is -2.26. The van der Waals surface area contributed by atoms with Gasteiger partial charge < -0.3 is 9.84 Å². The summed E-state index contributed by atoms with van der Waals surface area (Å²) in [4.78, 5) is 11.4. The molecular formula is C18H20BrNO5S. The number of hydrogen-bond acceptors (Lipinski definition) is 4. The Morgan fingerprint density at radius 1 is 1.15 bits per heavy atom. The molecule has 0 saturated carbocycles. The van der Waals surface area contributed by atoms with Crippen molar-refractivity contribution in [1.29, 1.82) is 0 Å². The van der Waals surface area contributed by atoms with Gasteiger partial charge in [0, 0.05) is 0 Å². The second kappa shape index (κ2) is 7.67. The summed E-state index contributed by atoms with van der Waals surface area (Å²) in [5.74, 6) is -0.753. The second-order valence-electron chi connectivity index (χ2n) is 5.95. The van der Waals surface area contributed by atoms with Gasteiger partial charge in [-0.2, -0.15) is 0 Å². The first-order valence-corrected chi connectivity index (χ1v) is 9.97. The van der Waals surface area contributed by atoms with Crippen LogP contribution in [0, 0.1) is 20.8 Å². The largest absolute Gasteiger partial charge is 0.496 e. The Hall–Kier alpha value is -2.06. The van der Waals surface area contributed by atoms with Crippen molar-refractivity contribution >= 4 is 37.6 Å². The number of sulfonamides is 1. The summed E-state index contributed by atoms with van der Waals surface area (Å²) in [6, 6.07) is 7.98. The van der Waals surface area contributed by atoms with E-state index in [1.165, 1.54) is 25.3 Å². The van der Waals surface area contributed by atoms with E-state index in [0.717, 1.165) is 9.87 Å². The van der Waals surface area contributed by atoms with E-state index in [2.05, 4.69) is 15.9 Å². The minimum atomic E-state index is -4.09. The summed E-state index contributed by atoms with van der Waals surface area (Å²) in [6.07, 6.45) is 0. The van der Waals surface area contributed by atoms with Crippen LogP contribution in [0.1, 0.15) is 16.7 Å². The molecule has 2 aromatic rings. The molecule has 26 heavy (non-hydrogen) atoms. The average molecular weight is 442 g/mol. The summed E-state index contributed by atoms with van der Waals surface area (Å²) in [7, 11) is -2.61. The quantitative estimate of drug-likeness (QED) is 0.738. The third-order valence-corrected chi connectivity index (χ3v) is 6.24. The van der Waals surface area contributed by atoms with E-state index < -0.39 is 22.5 Å². The number of ether oxygens (including phenoxy) is 1. The third-order valence-electron chi connectivity index (χ3n) is 3.87. The maximum Gasteiger partial charge on any atom is 0.324 e. The number of nitrogens with zero attached hydrogens (tertiary/aromatic N) is 1. The fourth-order valence-electron chi connectivity index (χ4n) is 2.91. The normalized spacial score (nSPS) is 11.3. The highest BCUT2D eigenvalue weighted by Gasteiger charge is 2.30. The Bertz CT molecular complexity index is 933. The van der Waals surface area contributed by atoms with Crippen LogP contribution in [0.2, 0.25) is 0 Å². The van der Waals surface area contributed by atoms with Gasteiger partial charge in [-0.3, -0.25) is 9.10 Å². The van der Waals surface area contributed by atoms with Crippen LogP contribution in [-0.4, -0.2) is 33.1 Å². The van der Waals surface area contributed by atoms with Gasteiger partial charge in [0.2, 0.25) is 0 Å². The molecule has 0 saturated heterocycles. The molecule has 1 N–H and O–H groups in total. The minimum absolute atomic E-state index is 0.0224. The van der Waals surface area contributed by atoms with Gasteiger partial charge in [-0.15, -0.1) is 0 Å². The smallest absolute Gasteiger partial charge is 0.324 e. The van der Waals surface area contributed by atoms with Crippen molar-refractivity contribution in [3.8, 4) is 5.75 Å². The number of halogens is 1. The Kier molecular flexibility index (Phi) is 5.98. The van der Waals surface area contributed by atoms with Crippen LogP contribution in [0.4, 0.5) is 5.69 Å². The number of carboxylic acid groups (broad SMARTS) is 1. The number of hydrogen-bond donors (Lipinski definition) is 1. The number of methoxy groups -OCH3 is 1. The predicted molar refractivity (Wildman–Crippen MR) is 104 cm³/mol. The molecule has 6 nitrogen and oxygen atoms in total. The van der Waals surface area contributed by atoms with Crippen molar-refractivity contribution in [2.75, 3.05) is 18.0 Å². The van der Waals surface area contributed by atoms with Crippen LogP contribution in [0.25, 0.3) is 0 Å². The molecule has 0 aliphatic carbocycles. The van der Waals surface area contributed by atoms with E-state index in [1.54, 1.807) is 13.8 Å². The first-order valence-electron chi connectivity index (χ1n) is 7.74. The lowest BCUT2D eigenvalue weighted by molar-refractivity contribution is -0.135. The number of benzene rings is 2. The van der Waals surface area contributed by atoms with Gasteiger partial charge in [0.1, 0.15) is 12.3 Å². The van der Waals surface area contributed by atoms with Crippen molar-refractivity contribution in [3.05, 3.63) is 51.5 Å². The van der Waals surface area contributed by atoms with Crippen molar-refractivity contribution in [2.24, 2.45) is 0 Å². The standard InChI is InChI=1S/C18H20BrNO5S/c1-11-7-12(2)18(13(3)8-11)20(10-17(21)22)26(23,24)14-5-6-16(25-4)15(19)9-14/h5-9H,10H2,1-4H3,(H,21,22). The minimum Gasteiger partial charge on any atom is -0.496 e. The zero-order chi connectivity index (χ0) is 19.6. The number of aliphatic carboxylic acids is 1. The van der Waals surface area contributed by atoms with Crippen LogP contribution in [-0.2, 0) is 14.8 Å². The van der Waals surface area contributed by atoms with E-state index in [1.807, 2.05) is 19.1 Å². The second-order valence-corrected chi connectivity index (χ2v) is 8.67. The molecule has 8 heteroatoms. The zero-order valence-electron chi connectivity index (χ0n) is 14.9. The summed E-state index contributed by atoms with van der Waals surface area (Å²) in [5, 5.41) is 9.29. The fraction of sp³-hybridized carbons (Fsp3) is 0.278. The Morgan fingerprint density at radius 3 is 2.19 bits per heavy atom. The first-order chi connectivity index (χ1) is 12.1. The molecule has 0 amide bonds. The van der Waals surface area contributed by atoms with Gasteiger partial charge in [-0.25, -0.2) is 8.42 Å². The molecule has 0 atom stereocenters. The van der Waals surface area contributed by atoms with Crippen LogP contribution in [0.3, 0.4) is 0 Å². The molecule has 0 aliphatic heterocycles. The number of aryl methyl sites for hydroxylation is 3. The van der Waals surface area contributed by atoms with Gasteiger partial charge in [-0.1, -0.05) is 17.7 Å². The molecule has 0 unspecified atom stereocenters. The third kappa shape index (κ3) is 4.02. The molecule has 2 rings (SSSR count). The lowest BCUT2D eigenvalue weighted by atomic mass is 10.1. The number of anilines is 1. The molecule has 0 bridgehead atoms. The topological polar surface area (TPSA) is 83.9 Å². The highest BCUT2D eigenvalue weighted by molar-refractivity contribution is 9.10. The number of carboxylic acids is 1. The zero-order valence-corrected chi connectivity index (χ0v) is 17.3. The SMILES string of the molecule is COc1ccc(S(=O)(=O)N(CC(=O)O)c2c(C)cc(C)cc2C)cc1Br. The van der Waals surface area contributed by atoms with Gasteiger partial charge in [0.05, 0.1) is 22.2 Å². The van der Waals surface area contributed by atoms with Crippen molar-refractivity contribution in [3.63, 3.8) is 0 Å². The van der Waals surface area contributed by atoms with Gasteiger partial charge >= 0.3 is 5.97 Å². The van der Waals surface area contributed by atoms with Crippen LogP contribution >= 0.6 is 15.9 Å². The van der Waals surface area contributed by atoms with Crippen LogP contribution < -0.4 is 9.04 Å². The molecule has 0 heterocycles. The maximum atomic E-state index is 13.2. The number of rotatable bonds is 6. The molecule has 140 valence electrons. The molecule has 0 aliphatic rings. The van der Waals surface area contributed by atoms with E-state index >= 15 is 0 Å². The van der Waals surface area contributed by atoms with Crippen LogP contribution in [0.15, 0.2) is 39.7 Å². The van der Waals surface area contributed by atoms with Gasteiger partial charge in [-0.05, 0) is 66.0 Å². The average Bonchev–Trinajstić information content (AvgIpc) is 2.52. The summed E-state index contributed by atoms with van der Waals surface area (Å²) >= 11 is 3.27. The molecule has 0 spiro atoms. The monoisotopic (exact) mass is 441 g/mol. The first kappa shape index (κ1) is 20.3.